The minimum absolute atomic E-state index is 0.0170. The summed E-state index contributed by atoms with van der Waals surface area (Å²) in [4.78, 5) is 13.5. The highest BCUT2D eigenvalue weighted by Crippen LogP contribution is 2.39. The minimum atomic E-state index is -4.52. The number of nitrogens with zero attached hydrogens (tertiary/aromatic N) is 3. The number of rotatable bonds is 1. The van der Waals surface area contributed by atoms with Gasteiger partial charge in [0.1, 0.15) is 0 Å². The fourth-order valence-corrected chi connectivity index (χ4v) is 2.89. The Bertz CT molecular complexity index is 752. The summed E-state index contributed by atoms with van der Waals surface area (Å²) < 4.78 is 40.3. The van der Waals surface area contributed by atoms with E-state index in [0.717, 1.165) is 6.07 Å². The minimum Gasteiger partial charge on any atom is -0.356 e. The molecule has 1 N–H and O–H groups in total. The van der Waals surface area contributed by atoms with E-state index in [4.69, 9.17) is 0 Å². The lowest BCUT2D eigenvalue weighted by molar-refractivity contribution is -0.138. The van der Waals surface area contributed by atoms with Crippen LogP contribution in [-0.4, -0.2) is 22.6 Å². The molecule has 1 aliphatic heterocycles. The zero-order chi connectivity index (χ0) is 16.6. The van der Waals surface area contributed by atoms with Crippen LogP contribution >= 0.6 is 15.9 Å². The number of halogens is 4. The Kier molecular flexibility index (Phi) is 3.97. The number of benzene rings is 1. The maximum Gasteiger partial charge on any atom is 0.416 e. The van der Waals surface area contributed by atoms with Crippen LogP contribution in [0, 0.1) is 0 Å². The van der Waals surface area contributed by atoms with E-state index < -0.39 is 17.6 Å². The molecule has 0 spiro atoms. The van der Waals surface area contributed by atoms with Crippen molar-refractivity contribution in [3.8, 4) is 0 Å². The predicted molar refractivity (Wildman–Crippen MR) is 80.9 cm³/mol. The van der Waals surface area contributed by atoms with Crippen molar-refractivity contribution < 1.29 is 18.0 Å². The van der Waals surface area contributed by atoms with Gasteiger partial charge in [-0.2, -0.15) is 23.4 Å². The molecule has 2 heterocycles. The van der Waals surface area contributed by atoms with Crippen molar-refractivity contribution in [2.75, 3.05) is 16.8 Å². The van der Waals surface area contributed by atoms with E-state index in [1.807, 2.05) is 0 Å². The van der Waals surface area contributed by atoms with Crippen molar-refractivity contribution in [3.63, 3.8) is 0 Å². The molecule has 0 unspecified atom stereocenters. The van der Waals surface area contributed by atoms with Crippen LogP contribution in [0.1, 0.15) is 11.1 Å². The summed E-state index contributed by atoms with van der Waals surface area (Å²) in [5.41, 5.74) is -0.0836. The summed E-state index contributed by atoms with van der Waals surface area (Å²) >= 11 is 3.06. The quantitative estimate of drug-likeness (QED) is 0.817. The molecular formula is C14H10BrF3N4O. The van der Waals surface area contributed by atoms with Crippen molar-refractivity contribution in [3.05, 3.63) is 46.2 Å². The molecule has 9 heteroatoms. The molecule has 3 rings (SSSR count). The van der Waals surface area contributed by atoms with Gasteiger partial charge >= 0.3 is 6.18 Å². The monoisotopic (exact) mass is 386 g/mol. The van der Waals surface area contributed by atoms with Crippen LogP contribution in [-0.2, 0) is 17.5 Å². The molecular weight excluding hydrogens is 377 g/mol. The fourth-order valence-electron chi connectivity index (χ4n) is 2.43. The van der Waals surface area contributed by atoms with Gasteiger partial charge in [0.2, 0.25) is 5.91 Å². The Balaban J connectivity index is 2.11. The van der Waals surface area contributed by atoms with Crippen molar-refractivity contribution in [1.29, 1.82) is 0 Å². The van der Waals surface area contributed by atoms with Gasteiger partial charge in [-0.3, -0.25) is 4.79 Å². The second-order valence-corrected chi connectivity index (χ2v) is 5.90. The molecule has 0 bridgehead atoms. The summed E-state index contributed by atoms with van der Waals surface area (Å²) in [6, 6.07) is 4.08. The first-order valence-electron chi connectivity index (χ1n) is 6.56. The van der Waals surface area contributed by atoms with Crippen LogP contribution in [0.5, 0.6) is 0 Å². The van der Waals surface area contributed by atoms with Crippen LogP contribution in [0.2, 0.25) is 0 Å². The second kappa shape index (κ2) is 5.80. The van der Waals surface area contributed by atoms with Crippen LogP contribution in [0.15, 0.2) is 35.1 Å². The van der Waals surface area contributed by atoms with Crippen LogP contribution in [0.25, 0.3) is 0 Å². The van der Waals surface area contributed by atoms with E-state index in [2.05, 4.69) is 31.4 Å². The van der Waals surface area contributed by atoms with Crippen molar-refractivity contribution in [2.45, 2.75) is 12.7 Å². The number of aromatic nitrogens is 2. The third kappa shape index (κ3) is 3.29. The Hall–Kier alpha value is -2.16. The first-order chi connectivity index (χ1) is 10.8. The van der Waals surface area contributed by atoms with Gasteiger partial charge in [-0.15, -0.1) is 0 Å². The molecule has 120 valence electrons. The summed E-state index contributed by atoms with van der Waals surface area (Å²) in [5.74, 6) is -0.396. The van der Waals surface area contributed by atoms with Gasteiger partial charge in [0.15, 0.2) is 0 Å². The zero-order valence-electron chi connectivity index (χ0n) is 11.6. The number of carbonyl (C=O) groups is 1. The highest BCUT2D eigenvalue weighted by atomic mass is 79.9. The largest absolute Gasteiger partial charge is 0.416 e. The van der Waals surface area contributed by atoms with Gasteiger partial charge in [0, 0.05) is 22.3 Å². The molecule has 0 saturated heterocycles. The van der Waals surface area contributed by atoms with Gasteiger partial charge < -0.3 is 10.2 Å². The zero-order valence-corrected chi connectivity index (χ0v) is 13.1. The van der Waals surface area contributed by atoms with Crippen LogP contribution < -0.4 is 10.2 Å². The number of carbonyl (C=O) groups excluding carboxylic acids is 1. The first-order valence-corrected chi connectivity index (χ1v) is 7.35. The SMILES string of the molecule is O=C1CN(c2ccnnc2)Cc2c(cc(Br)cc2C(F)(F)F)N1. The van der Waals surface area contributed by atoms with E-state index in [9.17, 15) is 18.0 Å². The average molecular weight is 387 g/mol. The Morgan fingerprint density at radius 2 is 2.00 bits per heavy atom. The maximum absolute atomic E-state index is 13.3. The van der Waals surface area contributed by atoms with E-state index in [-0.39, 0.29) is 28.8 Å². The molecule has 0 saturated carbocycles. The van der Waals surface area contributed by atoms with Crippen LogP contribution in [0.4, 0.5) is 24.5 Å². The highest BCUT2D eigenvalue weighted by molar-refractivity contribution is 9.10. The smallest absolute Gasteiger partial charge is 0.356 e. The fraction of sp³-hybridized carbons (Fsp3) is 0.214. The van der Waals surface area contributed by atoms with Gasteiger partial charge in [-0.1, -0.05) is 15.9 Å². The number of anilines is 2. The maximum atomic E-state index is 13.3. The Morgan fingerprint density at radius 1 is 1.22 bits per heavy atom. The molecule has 0 aliphatic carbocycles. The number of hydrogen-bond acceptors (Lipinski definition) is 4. The molecule has 0 atom stereocenters. The number of fused-ring (bicyclic) bond motifs is 1. The average Bonchev–Trinajstić information content (AvgIpc) is 2.64. The van der Waals surface area contributed by atoms with Gasteiger partial charge in [0.05, 0.1) is 30.2 Å². The molecule has 1 amide bonds. The van der Waals surface area contributed by atoms with Gasteiger partial charge in [-0.25, -0.2) is 0 Å². The van der Waals surface area contributed by atoms with Gasteiger partial charge in [0.25, 0.3) is 0 Å². The van der Waals surface area contributed by atoms with E-state index in [1.165, 1.54) is 23.4 Å². The summed E-state index contributed by atoms with van der Waals surface area (Å²) in [6.07, 6.45) is -1.69. The van der Waals surface area contributed by atoms with Crippen molar-refractivity contribution >= 4 is 33.2 Å². The standard InChI is InChI=1S/C14H10BrF3N4O/c15-8-3-11(14(16,17)18)10-6-22(9-1-2-19-20-5-9)7-13(23)21-12(10)4-8/h1-5H,6-7H2,(H,21,23). The van der Waals surface area contributed by atoms with E-state index in [1.54, 1.807) is 6.07 Å². The van der Waals surface area contributed by atoms with E-state index >= 15 is 0 Å². The number of hydrogen-bond donors (Lipinski definition) is 1. The molecule has 1 aromatic carbocycles. The third-order valence-corrected chi connectivity index (χ3v) is 3.87. The molecule has 23 heavy (non-hydrogen) atoms. The van der Waals surface area contributed by atoms with Gasteiger partial charge in [-0.05, 0) is 18.2 Å². The van der Waals surface area contributed by atoms with Crippen LogP contribution in [0.3, 0.4) is 0 Å². The lowest BCUT2D eigenvalue weighted by Crippen LogP contribution is -2.30. The summed E-state index contributed by atoms with van der Waals surface area (Å²) in [5, 5.41) is 9.86. The molecule has 2 aromatic rings. The number of nitrogens with one attached hydrogen (secondary N) is 1. The molecule has 1 aliphatic rings. The molecule has 0 fully saturated rings. The highest BCUT2D eigenvalue weighted by Gasteiger charge is 2.36. The number of alkyl halides is 3. The third-order valence-electron chi connectivity index (χ3n) is 3.41. The summed E-state index contributed by atoms with van der Waals surface area (Å²) in [7, 11) is 0. The molecule has 5 nitrogen and oxygen atoms in total. The normalized spacial score (nSPS) is 15.0. The van der Waals surface area contributed by atoms with Crippen molar-refractivity contribution in [2.24, 2.45) is 0 Å². The summed E-state index contributed by atoms with van der Waals surface area (Å²) in [6.45, 7) is -0.142. The van der Waals surface area contributed by atoms with Crippen molar-refractivity contribution in [1.82, 2.24) is 10.2 Å². The topological polar surface area (TPSA) is 58.1 Å². The van der Waals surface area contributed by atoms with E-state index in [0.29, 0.717) is 5.69 Å². The first kappa shape index (κ1) is 15.7. The predicted octanol–water partition coefficient (Wildman–Crippen LogP) is 3.22. The lowest BCUT2D eigenvalue weighted by Gasteiger charge is -2.23. The lowest BCUT2D eigenvalue weighted by atomic mass is 10.0. The number of amides is 1. The molecule has 1 aromatic heterocycles. The molecule has 0 radical (unpaired) electrons. The Labute approximate surface area is 137 Å². The Morgan fingerprint density at radius 3 is 2.65 bits per heavy atom. The second-order valence-electron chi connectivity index (χ2n) is 4.98.